The van der Waals surface area contributed by atoms with Crippen LogP contribution < -0.4 is 9.64 Å². The van der Waals surface area contributed by atoms with Crippen molar-refractivity contribution in [3.63, 3.8) is 0 Å². The first-order valence-electron chi connectivity index (χ1n) is 11.6. The Morgan fingerprint density at radius 1 is 1.06 bits per heavy atom. The number of aryl methyl sites for hydroxylation is 2. The average molecular weight is 449 g/mol. The van der Waals surface area contributed by atoms with Gasteiger partial charge in [0.1, 0.15) is 11.4 Å². The molecule has 2 aromatic carbocycles. The van der Waals surface area contributed by atoms with E-state index in [-0.39, 0.29) is 30.4 Å². The van der Waals surface area contributed by atoms with Crippen molar-refractivity contribution in [2.75, 3.05) is 24.6 Å². The van der Waals surface area contributed by atoms with Gasteiger partial charge in [-0.25, -0.2) is 4.90 Å². The summed E-state index contributed by atoms with van der Waals surface area (Å²) in [7, 11) is 0. The highest BCUT2D eigenvalue weighted by atomic mass is 16.5. The first-order valence-corrected chi connectivity index (χ1v) is 11.6. The molecule has 0 spiro atoms. The fourth-order valence-electron chi connectivity index (χ4n) is 4.60. The quantitative estimate of drug-likeness (QED) is 0.675. The zero-order valence-corrected chi connectivity index (χ0v) is 19.8. The molecular formula is C27H32N2O4. The molecule has 1 fully saturated rings. The maximum absolute atomic E-state index is 13.9. The third-order valence-electron chi connectivity index (χ3n) is 6.42. The van der Waals surface area contributed by atoms with E-state index in [1.807, 2.05) is 56.9 Å². The van der Waals surface area contributed by atoms with Gasteiger partial charge in [0.05, 0.1) is 17.4 Å². The standard InChI is InChI=1S/C27H32N2O4/c1-17(2)33-23-10-6-5-9-22(23)29-26(31)24(21-12-11-18(3)19(4)14-21)25(27(29)32)28-13-7-8-20(15-28)16-30/h5-6,9-12,14,17,20,30H,7-8,13,15-16H2,1-4H3. The van der Waals surface area contributed by atoms with Crippen LogP contribution in [0.2, 0.25) is 0 Å². The highest BCUT2D eigenvalue weighted by Gasteiger charge is 2.44. The van der Waals surface area contributed by atoms with Crippen LogP contribution in [-0.4, -0.2) is 47.6 Å². The molecule has 2 amide bonds. The summed E-state index contributed by atoms with van der Waals surface area (Å²) in [5.41, 5.74) is 4.22. The number of likely N-dealkylation sites (tertiary alicyclic amines) is 1. The minimum atomic E-state index is -0.343. The minimum absolute atomic E-state index is 0.0691. The molecule has 174 valence electrons. The Morgan fingerprint density at radius 2 is 1.82 bits per heavy atom. The van der Waals surface area contributed by atoms with Crippen LogP contribution in [-0.2, 0) is 9.59 Å². The first-order chi connectivity index (χ1) is 15.8. The second kappa shape index (κ2) is 9.40. The van der Waals surface area contributed by atoms with Crippen LogP contribution in [0.3, 0.4) is 0 Å². The van der Waals surface area contributed by atoms with E-state index < -0.39 is 0 Å². The number of carbonyl (C=O) groups excluding carboxylic acids is 2. The molecule has 6 heteroatoms. The number of benzene rings is 2. The van der Waals surface area contributed by atoms with Gasteiger partial charge in [0.25, 0.3) is 11.8 Å². The molecule has 1 saturated heterocycles. The van der Waals surface area contributed by atoms with Gasteiger partial charge in [-0.05, 0) is 75.3 Å². The van der Waals surface area contributed by atoms with Crippen molar-refractivity contribution >= 4 is 23.1 Å². The van der Waals surface area contributed by atoms with Crippen molar-refractivity contribution < 1.29 is 19.4 Å². The molecule has 4 rings (SSSR count). The number of nitrogens with zero attached hydrogens (tertiary/aromatic N) is 2. The number of imide groups is 1. The minimum Gasteiger partial charge on any atom is -0.489 e. The molecule has 33 heavy (non-hydrogen) atoms. The van der Waals surface area contributed by atoms with Crippen molar-refractivity contribution in [1.82, 2.24) is 4.90 Å². The number of piperidine rings is 1. The molecule has 1 N–H and O–H groups in total. The summed E-state index contributed by atoms with van der Waals surface area (Å²) in [5, 5.41) is 9.75. The number of rotatable bonds is 6. The number of aliphatic hydroxyl groups is 1. The van der Waals surface area contributed by atoms with E-state index in [4.69, 9.17) is 4.74 Å². The first kappa shape index (κ1) is 23.1. The summed E-state index contributed by atoms with van der Waals surface area (Å²) in [6.45, 7) is 9.16. The largest absolute Gasteiger partial charge is 0.489 e. The van der Waals surface area contributed by atoms with Crippen molar-refractivity contribution in [3.05, 3.63) is 64.9 Å². The summed E-state index contributed by atoms with van der Waals surface area (Å²) in [4.78, 5) is 31.0. The van der Waals surface area contributed by atoms with E-state index in [2.05, 4.69) is 0 Å². The molecule has 2 heterocycles. The van der Waals surface area contributed by atoms with Crippen LogP contribution in [0.4, 0.5) is 5.69 Å². The Hall–Kier alpha value is -3.12. The molecule has 0 aliphatic carbocycles. The second-order valence-electron chi connectivity index (χ2n) is 9.24. The van der Waals surface area contributed by atoms with E-state index in [1.54, 1.807) is 18.2 Å². The third-order valence-corrected chi connectivity index (χ3v) is 6.42. The summed E-state index contributed by atoms with van der Waals surface area (Å²) in [6, 6.07) is 13.0. The highest BCUT2D eigenvalue weighted by molar-refractivity contribution is 6.45. The van der Waals surface area contributed by atoms with Gasteiger partial charge in [-0.3, -0.25) is 9.59 Å². The molecule has 0 saturated carbocycles. The molecule has 0 bridgehead atoms. The maximum Gasteiger partial charge on any atom is 0.282 e. The van der Waals surface area contributed by atoms with Crippen LogP contribution in [0.5, 0.6) is 5.75 Å². The van der Waals surface area contributed by atoms with Crippen molar-refractivity contribution in [3.8, 4) is 5.75 Å². The van der Waals surface area contributed by atoms with Crippen LogP contribution in [0.25, 0.3) is 5.57 Å². The molecular weight excluding hydrogens is 416 g/mol. The summed E-state index contributed by atoms with van der Waals surface area (Å²) in [6.07, 6.45) is 1.68. The van der Waals surface area contributed by atoms with Gasteiger partial charge in [0.2, 0.25) is 0 Å². The van der Waals surface area contributed by atoms with Crippen LogP contribution in [0, 0.1) is 19.8 Å². The maximum atomic E-state index is 13.9. The molecule has 6 nitrogen and oxygen atoms in total. The van der Waals surface area contributed by atoms with Gasteiger partial charge in [-0.1, -0.05) is 30.3 Å². The Kier molecular flexibility index (Phi) is 6.56. The zero-order valence-electron chi connectivity index (χ0n) is 19.8. The lowest BCUT2D eigenvalue weighted by atomic mass is 9.96. The number of carbonyl (C=O) groups is 2. The van der Waals surface area contributed by atoms with Crippen LogP contribution in [0.15, 0.2) is 48.2 Å². The van der Waals surface area contributed by atoms with Crippen LogP contribution >= 0.6 is 0 Å². The van der Waals surface area contributed by atoms with Crippen molar-refractivity contribution in [2.24, 2.45) is 5.92 Å². The van der Waals surface area contributed by atoms with Gasteiger partial charge < -0.3 is 14.7 Å². The second-order valence-corrected chi connectivity index (χ2v) is 9.24. The van der Waals surface area contributed by atoms with Gasteiger partial charge in [0.15, 0.2) is 0 Å². The summed E-state index contributed by atoms with van der Waals surface area (Å²) in [5.74, 6) is -0.0988. The molecule has 0 radical (unpaired) electrons. The summed E-state index contributed by atoms with van der Waals surface area (Å²) < 4.78 is 5.93. The Balaban J connectivity index is 1.84. The highest BCUT2D eigenvalue weighted by Crippen LogP contribution is 2.40. The van der Waals surface area contributed by atoms with Gasteiger partial charge in [0, 0.05) is 19.7 Å². The molecule has 2 aliphatic heterocycles. The van der Waals surface area contributed by atoms with Gasteiger partial charge >= 0.3 is 0 Å². The fourth-order valence-corrected chi connectivity index (χ4v) is 4.60. The Morgan fingerprint density at radius 3 is 2.52 bits per heavy atom. The summed E-state index contributed by atoms with van der Waals surface area (Å²) >= 11 is 0. The Labute approximate surface area is 195 Å². The van der Waals surface area contributed by atoms with Crippen molar-refractivity contribution in [1.29, 1.82) is 0 Å². The predicted molar refractivity (Wildman–Crippen MR) is 129 cm³/mol. The van der Waals surface area contributed by atoms with Gasteiger partial charge in [-0.2, -0.15) is 0 Å². The monoisotopic (exact) mass is 448 g/mol. The molecule has 0 aromatic heterocycles. The topological polar surface area (TPSA) is 70.1 Å². The Bertz CT molecular complexity index is 1110. The van der Waals surface area contributed by atoms with E-state index in [0.717, 1.165) is 29.5 Å². The fraction of sp³-hybridized carbons (Fsp3) is 0.407. The lowest BCUT2D eigenvalue weighted by Gasteiger charge is -2.34. The number of amides is 2. The molecule has 2 aromatic rings. The SMILES string of the molecule is Cc1ccc(C2=C(N3CCCC(CO)C3)C(=O)N(c3ccccc3OC(C)C)C2=O)cc1C. The van der Waals surface area contributed by atoms with Gasteiger partial charge in [-0.15, -0.1) is 0 Å². The lowest BCUT2D eigenvalue weighted by Crippen LogP contribution is -2.40. The number of hydrogen-bond donors (Lipinski definition) is 1. The van der Waals surface area contributed by atoms with E-state index >= 15 is 0 Å². The van der Waals surface area contributed by atoms with E-state index in [0.29, 0.717) is 35.8 Å². The van der Waals surface area contributed by atoms with E-state index in [1.165, 1.54) is 4.90 Å². The van der Waals surface area contributed by atoms with Crippen LogP contribution in [0.1, 0.15) is 43.4 Å². The normalized spacial score (nSPS) is 19.2. The predicted octanol–water partition coefficient (Wildman–Crippen LogP) is 4.08. The number of aliphatic hydroxyl groups excluding tert-OH is 1. The van der Waals surface area contributed by atoms with Crippen molar-refractivity contribution in [2.45, 2.75) is 46.6 Å². The molecule has 1 atom stereocenters. The van der Waals surface area contributed by atoms with E-state index in [9.17, 15) is 14.7 Å². The number of hydrogen-bond acceptors (Lipinski definition) is 5. The zero-order chi connectivity index (χ0) is 23.7. The molecule has 1 unspecified atom stereocenters. The molecule has 2 aliphatic rings. The number of ether oxygens (including phenoxy) is 1. The smallest absolute Gasteiger partial charge is 0.282 e. The number of anilines is 1. The lowest BCUT2D eigenvalue weighted by molar-refractivity contribution is -0.121. The number of para-hydroxylation sites is 2. The average Bonchev–Trinajstić information content (AvgIpc) is 3.05. The third kappa shape index (κ3) is 4.40.